The molecule has 1 fully saturated rings. The molecule has 1 aliphatic heterocycles. The molecule has 0 aromatic carbocycles. The predicted molar refractivity (Wildman–Crippen MR) is 84.1 cm³/mol. The molecule has 0 amide bonds. The molecule has 0 N–H and O–H groups in total. The van der Waals surface area contributed by atoms with Gasteiger partial charge in [0, 0.05) is 13.2 Å². The molecular formula is C13H28O6Si2. The van der Waals surface area contributed by atoms with Crippen molar-refractivity contribution in [1.29, 1.82) is 0 Å². The third-order valence-corrected chi connectivity index (χ3v) is 9.18. The van der Waals surface area contributed by atoms with Gasteiger partial charge in [0.25, 0.3) is 0 Å². The molecule has 0 radical (unpaired) electrons. The zero-order valence-corrected chi connectivity index (χ0v) is 15.8. The molecule has 2 atom stereocenters. The maximum atomic E-state index is 10.8. The standard InChI is InChI=1S/C13H28O6Si2/c1-6-17-21(5,19-20(2,3)4)9-7-8-15-10-12-11-16-13(14)18-12/h12H,6-11H2,1-5H3. The minimum Gasteiger partial charge on any atom is -0.436 e. The Morgan fingerprint density at radius 3 is 2.52 bits per heavy atom. The molecule has 8 heteroatoms. The lowest BCUT2D eigenvalue weighted by molar-refractivity contribution is 0.0456. The molecule has 124 valence electrons. The summed E-state index contributed by atoms with van der Waals surface area (Å²) in [5.41, 5.74) is 0. The van der Waals surface area contributed by atoms with Gasteiger partial charge in [0.05, 0.1) is 6.61 Å². The van der Waals surface area contributed by atoms with Gasteiger partial charge in [-0.1, -0.05) is 0 Å². The number of carbonyl (C=O) groups is 1. The zero-order chi connectivity index (χ0) is 15.9. The third-order valence-electron chi connectivity index (χ3n) is 2.85. The fourth-order valence-electron chi connectivity index (χ4n) is 2.26. The number of rotatable bonds is 10. The SMILES string of the molecule is CCO[Si](C)(CCCOCC1COC(=O)O1)O[Si](C)(C)C. The summed E-state index contributed by atoms with van der Waals surface area (Å²) in [6.07, 6.45) is 0.00377. The van der Waals surface area contributed by atoms with Crippen molar-refractivity contribution in [1.82, 2.24) is 0 Å². The molecular weight excluding hydrogens is 308 g/mol. The van der Waals surface area contributed by atoms with Crippen LogP contribution >= 0.6 is 0 Å². The smallest absolute Gasteiger partial charge is 0.436 e. The maximum absolute atomic E-state index is 10.8. The van der Waals surface area contributed by atoms with Gasteiger partial charge in [-0.25, -0.2) is 4.79 Å². The van der Waals surface area contributed by atoms with Crippen molar-refractivity contribution in [3.8, 4) is 0 Å². The van der Waals surface area contributed by atoms with Crippen LogP contribution in [0.4, 0.5) is 4.79 Å². The molecule has 0 aromatic heterocycles. The van der Waals surface area contributed by atoms with Gasteiger partial charge < -0.3 is 22.8 Å². The molecule has 0 aliphatic carbocycles. The minimum atomic E-state index is -2.11. The highest BCUT2D eigenvalue weighted by Gasteiger charge is 2.35. The fraction of sp³-hybridized carbons (Fsp3) is 0.923. The molecule has 6 nitrogen and oxygen atoms in total. The van der Waals surface area contributed by atoms with Gasteiger partial charge in [-0.05, 0) is 45.6 Å². The monoisotopic (exact) mass is 336 g/mol. The molecule has 21 heavy (non-hydrogen) atoms. The van der Waals surface area contributed by atoms with E-state index in [0.29, 0.717) is 19.8 Å². The first-order chi connectivity index (χ1) is 9.74. The van der Waals surface area contributed by atoms with Crippen LogP contribution in [0.15, 0.2) is 0 Å². The van der Waals surface area contributed by atoms with Crippen LogP contribution in [0.3, 0.4) is 0 Å². The van der Waals surface area contributed by atoms with Crippen molar-refractivity contribution in [2.45, 2.75) is 51.7 Å². The summed E-state index contributed by atoms with van der Waals surface area (Å²) in [5, 5.41) is 0. The van der Waals surface area contributed by atoms with E-state index in [0.717, 1.165) is 12.5 Å². The first-order valence-corrected chi connectivity index (χ1v) is 13.4. The second kappa shape index (κ2) is 8.28. The third kappa shape index (κ3) is 7.96. The van der Waals surface area contributed by atoms with E-state index in [1.54, 1.807) is 0 Å². The van der Waals surface area contributed by atoms with Crippen molar-refractivity contribution in [2.75, 3.05) is 26.4 Å². The molecule has 1 aliphatic rings. The Labute approximate surface area is 129 Å². The van der Waals surface area contributed by atoms with Crippen molar-refractivity contribution < 1.29 is 27.5 Å². The normalized spacial score (nSPS) is 21.8. The van der Waals surface area contributed by atoms with Crippen LogP contribution in [-0.2, 0) is 22.8 Å². The Bertz CT molecular complexity index is 333. The molecule has 1 saturated heterocycles. The van der Waals surface area contributed by atoms with E-state index < -0.39 is 23.0 Å². The Morgan fingerprint density at radius 1 is 1.29 bits per heavy atom. The lowest BCUT2D eigenvalue weighted by atomic mass is 10.4. The molecule has 0 bridgehead atoms. The van der Waals surface area contributed by atoms with Crippen molar-refractivity contribution in [2.24, 2.45) is 0 Å². The number of hydrogen-bond acceptors (Lipinski definition) is 6. The van der Waals surface area contributed by atoms with E-state index in [4.69, 9.17) is 22.8 Å². The van der Waals surface area contributed by atoms with Gasteiger partial charge >= 0.3 is 14.7 Å². The lowest BCUT2D eigenvalue weighted by Gasteiger charge is -2.33. The van der Waals surface area contributed by atoms with Crippen molar-refractivity contribution in [3.63, 3.8) is 0 Å². The Morgan fingerprint density at radius 2 is 2.00 bits per heavy atom. The van der Waals surface area contributed by atoms with Crippen LogP contribution in [-0.4, -0.2) is 55.6 Å². The number of hydrogen-bond donors (Lipinski definition) is 0. The average molecular weight is 337 g/mol. The van der Waals surface area contributed by atoms with E-state index in [2.05, 4.69) is 26.2 Å². The van der Waals surface area contributed by atoms with E-state index in [9.17, 15) is 4.79 Å². The Hall–Kier alpha value is -0.416. The summed E-state index contributed by atoms with van der Waals surface area (Å²) in [4.78, 5) is 10.8. The fourth-order valence-corrected chi connectivity index (χ4v) is 9.63. The van der Waals surface area contributed by atoms with Crippen LogP contribution in [0.2, 0.25) is 32.2 Å². The summed E-state index contributed by atoms with van der Waals surface area (Å²) in [7, 11) is -3.71. The summed E-state index contributed by atoms with van der Waals surface area (Å²) in [6, 6.07) is 0.909. The molecule has 1 heterocycles. The van der Waals surface area contributed by atoms with E-state index in [-0.39, 0.29) is 12.7 Å². The largest absolute Gasteiger partial charge is 0.508 e. The van der Waals surface area contributed by atoms with Crippen molar-refractivity contribution in [3.05, 3.63) is 0 Å². The number of carbonyl (C=O) groups excluding carboxylic acids is 1. The maximum Gasteiger partial charge on any atom is 0.508 e. The highest BCUT2D eigenvalue weighted by atomic mass is 28.4. The summed E-state index contributed by atoms with van der Waals surface area (Å²) in [6.45, 7) is 12.6. The Balaban J connectivity index is 2.22. The van der Waals surface area contributed by atoms with Gasteiger partial charge in [0.15, 0.2) is 14.4 Å². The van der Waals surface area contributed by atoms with Crippen LogP contribution in [0.1, 0.15) is 13.3 Å². The summed E-state index contributed by atoms with van der Waals surface area (Å²) in [5.74, 6) is 0. The predicted octanol–water partition coefficient (Wildman–Crippen LogP) is 2.89. The topological polar surface area (TPSA) is 63.2 Å². The van der Waals surface area contributed by atoms with Crippen LogP contribution in [0.5, 0.6) is 0 Å². The highest BCUT2D eigenvalue weighted by Crippen LogP contribution is 2.21. The number of ether oxygens (including phenoxy) is 3. The quantitative estimate of drug-likeness (QED) is 0.347. The van der Waals surface area contributed by atoms with Gasteiger partial charge in [0.2, 0.25) is 0 Å². The summed E-state index contributed by atoms with van der Waals surface area (Å²) < 4.78 is 27.3. The van der Waals surface area contributed by atoms with E-state index in [1.165, 1.54) is 0 Å². The molecule has 2 unspecified atom stereocenters. The minimum absolute atomic E-state index is 0.272. The van der Waals surface area contributed by atoms with Gasteiger partial charge in [-0.2, -0.15) is 0 Å². The number of cyclic esters (lactones) is 2. The summed E-state index contributed by atoms with van der Waals surface area (Å²) >= 11 is 0. The second-order valence-corrected chi connectivity index (χ2v) is 14.4. The van der Waals surface area contributed by atoms with Gasteiger partial charge in [-0.15, -0.1) is 0 Å². The second-order valence-electron chi connectivity index (χ2n) is 6.26. The zero-order valence-electron chi connectivity index (χ0n) is 13.8. The van der Waals surface area contributed by atoms with Crippen LogP contribution in [0.25, 0.3) is 0 Å². The molecule has 0 saturated carbocycles. The average Bonchev–Trinajstić information content (AvgIpc) is 2.72. The first kappa shape index (κ1) is 18.6. The van der Waals surface area contributed by atoms with E-state index in [1.807, 2.05) is 6.92 Å². The van der Waals surface area contributed by atoms with Crippen LogP contribution in [0, 0.1) is 0 Å². The first-order valence-electron chi connectivity index (χ1n) is 7.49. The lowest BCUT2D eigenvalue weighted by Crippen LogP contribution is -2.47. The van der Waals surface area contributed by atoms with Crippen LogP contribution < -0.4 is 0 Å². The van der Waals surface area contributed by atoms with Crippen molar-refractivity contribution >= 4 is 23.0 Å². The van der Waals surface area contributed by atoms with Gasteiger partial charge in [-0.3, -0.25) is 0 Å². The molecule has 1 rings (SSSR count). The van der Waals surface area contributed by atoms with Gasteiger partial charge in [0.1, 0.15) is 6.61 Å². The van der Waals surface area contributed by atoms with E-state index >= 15 is 0 Å². The highest BCUT2D eigenvalue weighted by molar-refractivity contribution is 6.81. The molecule has 0 aromatic rings. The Kier molecular flexibility index (Phi) is 7.34. The molecule has 0 spiro atoms.